The highest BCUT2D eigenvalue weighted by Crippen LogP contribution is 2.17. The van der Waals surface area contributed by atoms with Gasteiger partial charge in [0.1, 0.15) is 0 Å². The third-order valence-electron chi connectivity index (χ3n) is 2.35. The number of rotatable bonds is 3. The molecule has 1 aromatic rings. The Morgan fingerprint density at radius 1 is 1.35 bits per heavy atom. The minimum absolute atomic E-state index is 0.0653. The van der Waals surface area contributed by atoms with Crippen molar-refractivity contribution < 1.29 is 4.79 Å². The maximum Gasteiger partial charge on any atom is 0.253 e. The summed E-state index contributed by atoms with van der Waals surface area (Å²) in [6, 6.07) is 5.55. The summed E-state index contributed by atoms with van der Waals surface area (Å²) in [4.78, 5) is 12.0. The average Bonchev–Trinajstić information content (AvgIpc) is 2.25. The first-order valence-electron chi connectivity index (χ1n) is 5.69. The van der Waals surface area contributed by atoms with Crippen LogP contribution < -0.4 is 16.6 Å². The fraction of sp³-hybridized carbons (Fsp3) is 0.462. The molecule has 1 amide bonds. The van der Waals surface area contributed by atoms with Gasteiger partial charge in [-0.1, -0.05) is 32.4 Å². The number of benzene rings is 1. The van der Waals surface area contributed by atoms with Crippen molar-refractivity contribution in [3.05, 3.63) is 29.3 Å². The molecule has 4 heteroatoms. The van der Waals surface area contributed by atoms with Gasteiger partial charge in [-0.2, -0.15) is 0 Å². The molecule has 0 radical (unpaired) electrons. The Labute approximate surface area is 103 Å². The molecule has 0 atom stereocenters. The quantitative estimate of drug-likeness (QED) is 0.555. The third kappa shape index (κ3) is 4.07. The number of nitrogens with two attached hydrogens (primary N) is 1. The number of aryl methyl sites for hydroxylation is 1. The van der Waals surface area contributed by atoms with Crippen LogP contribution in [-0.2, 0) is 0 Å². The largest absolute Gasteiger partial charge is 0.351 e. The SMILES string of the molecule is Cc1ccc(NN)c(C(=O)NCC(C)(C)C)c1. The van der Waals surface area contributed by atoms with Crippen molar-refractivity contribution in [1.82, 2.24) is 5.32 Å². The minimum Gasteiger partial charge on any atom is -0.351 e. The fourth-order valence-electron chi connectivity index (χ4n) is 1.41. The number of hydrogen-bond donors (Lipinski definition) is 3. The second-order valence-electron chi connectivity index (χ2n) is 5.44. The lowest BCUT2D eigenvalue weighted by atomic mass is 9.97. The molecule has 1 rings (SSSR count). The van der Waals surface area contributed by atoms with E-state index in [2.05, 4.69) is 31.5 Å². The molecule has 0 bridgehead atoms. The van der Waals surface area contributed by atoms with Crippen molar-refractivity contribution in [1.29, 1.82) is 0 Å². The first-order chi connectivity index (χ1) is 7.83. The van der Waals surface area contributed by atoms with Gasteiger partial charge in [-0.15, -0.1) is 0 Å². The van der Waals surface area contributed by atoms with E-state index in [1.165, 1.54) is 0 Å². The fourth-order valence-corrected chi connectivity index (χ4v) is 1.41. The molecule has 0 spiro atoms. The predicted molar refractivity (Wildman–Crippen MR) is 70.8 cm³/mol. The Balaban J connectivity index is 2.84. The summed E-state index contributed by atoms with van der Waals surface area (Å²) in [5.74, 6) is 5.29. The Kier molecular flexibility index (Phi) is 4.12. The van der Waals surface area contributed by atoms with Crippen LogP contribution in [0.25, 0.3) is 0 Å². The van der Waals surface area contributed by atoms with Gasteiger partial charge in [0, 0.05) is 6.54 Å². The normalized spacial score (nSPS) is 11.1. The number of nitrogen functional groups attached to an aromatic ring is 1. The van der Waals surface area contributed by atoms with Gasteiger partial charge < -0.3 is 10.7 Å². The number of amides is 1. The van der Waals surface area contributed by atoms with Gasteiger partial charge in [-0.3, -0.25) is 10.6 Å². The topological polar surface area (TPSA) is 67.1 Å². The Morgan fingerprint density at radius 2 is 2.00 bits per heavy atom. The van der Waals surface area contributed by atoms with E-state index in [1.807, 2.05) is 19.1 Å². The molecular weight excluding hydrogens is 214 g/mol. The van der Waals surface area contributed by atoms with Gasteiger partial charge in [-0.05, 0) is 24.5 Å². The van der Waals surface area contributed by atoms with Gasteiger partial charge in [0.15, 0.2) is 0 Å². The molecule has 0 fully saturated rings. The zero-order valence-corrected chi connectivity index (χ0v) is 10.9. The lowest BCUT2D eigenvalue weighted by Crippen LogP contribution is -2.33. The molecule has 94 valence electrons. The average molecular weight is 235 g/mol. The van der Waals surface area contributed by atoms with Gasteiger partial charge in [-0.25, -0.2) is 0 Å². The molecule has 0 aliphatic carbocycles. The molecule has 0 aromatic heterocycles. The van der Waals surface area contributed by atoms with Crippen LogP contribution in [0.1, 0.15) is 36.7 Å². The molecule has 4 N–H and O–H groups in total. The molecular formula is C13H21N3O. The summed E-state index contributed by atoms with van der Waals surface area (Å²) >= 11 is 0. The second kappa shape index (κ2) is 5.19. The van der Waals surface area contributed by atoms with Crippen molar-refractivity contribution in [2.24, 2.45) is 11.3 Å². The minimum atomic E-state index is -0.100. The van der Waals surface area contributed by atoms with E-state index in [0.717, 1.165) is 5.56 Å². The highest BCUT2D eigenvalue weighted by Gasteiger charge is 2.15. The summed E-state index contributed by atoms with van der Waals surface area (Å²) in [6.07, 6.45) is 0. The zero-order chi connectivity index (χ0) is 13.1. The smallest absolute Gasteiger partial charge is 0.253 e. The van der Waals surface area contributed by atoms with Crippen molar-refractivity contribution in [3.63, 3.8) is 0 Å². The molecule has 0 aliphatic rings. The van der Waals surface area contributed by atoms with E-state index in [1.54, 1.807) is 6.07 Å². The molecule has 17 heavy (non-hydrogen) atoms. The molecule has 0 unspecified atom stereocenters. The molecule has 0 saturated heterocycles. The first-order valence-corrected chi connectivity index (χ1v) is 5.69. The van der Waals surface area contributed by atoms with E-state index in [4.69, 9.17) is 5.84 Å². The van der Waals surface area contributed by atoms with Crippen molar-refractivity contribution in [2.75, 3.05) is 12.0 Å². The van der Waals surface area contributed by atoms with Crippen LogP contribution in [0.15, 0.2) is 18.2 Å². The summed E-state index contributed by atoms with van der Waals surface area (Å²) in [6.45, 7) is 8.80. The van der Waals surface area contributed by atoms with Crippen LogP contribution in [0.4, 0.5) is 5.69 Å². The van der Waals surface area contributed by atoms with Gasteiger partial charge in [0.25, 0.3) is 5.91 Å². The molecule has 0 heterocycles. The van der Waals surface area contributed by atoms with E-state index >= 15 is 0 Å². The number of nitrogens with one attached hydrogen (secondary N) is 2. The monoisotopic (exact) mass is 235 g/mol. The number of carbonyl (C=O) groups is 1. The highest BCUT2D eigenvalue weighted by atomic mass is 16.1. The van der Waals surface area contributed by atoms with Crippen molar-refractivity contribution in [2.45, 2.75) is 27.7 Å². The van der Waals surface area contributed by atoms with Crippen LogP contribution in [0, 0.1) is 12.3 Å². The second-order valence-corrected chi connectivity index (χ2v) is 5.44. The van der Waals surface area contributed by atoms with Crippen LogP contribution in [0.5, 0.6) is 0 Å². The Morgan fingerprint density at radius 3 is 2.53 bits per heavy atom. The maximum absolute atomic E-state index is 12.0. The van der Waals surface area contributed by atoms with E-state index in [9.17, 15) is 4.79 Å². The van der Waals surface area contributed by atoms with Crippen LogP contribution >= 0.6 is 0 Å². The van der Waals surface area contributed by atoms with Crippen LogP contribution in [0.2, 0.25) is 0 Å². The van der Waals surface area contributed by atoms with E-state index < -0.39 is 0 Å². The Hall–Kier alpha value is -1.55. The van der Waals surface area contributed by atoms with E-state index in [-0.39, 0.29) is 11.3 Å². The molecule has 4 nitrogen and oxygen atoms in total. The van der Waals surface area contributed by atoms with Gasteiger partial charge in [0.2, 0.25) is 0 Å². The first kappa shape index (κ1) is 13.5. The van der Waals surface area contributed by atoms with Crippen LogP contribution in [-0.4, -0.2) is 12.5 Å². The van der Waals surface area contributed by atoms with E-state index in [0.29, 0.717) is 17.8 Å². The summed E-state index contributed by atoms with van der Waals surface area (Å²) in [7, 11) is 0. The number of anilines is 1. The zero-order valence-electron chi connectivity index (χ0n) is 10.9. The lowest BCUT2D eigenvalue weighted by molar-refractivity contribution is 0.0940. The van der Waals surface area contributed by atoms with Gasteiger partial charge >= 0.3 is 0 Å². The van der Waals surface area contributed by atoms with Crippen LogP contribution in [0.3, 0.4) is 0 Å². The predicted octanol–water partition coefficient (Wildman–Crippen LogP) is 2.06. The molecule has 0 aliphatic heterocycles. The van der Waals surface area contributed by atoms with Crippen molar-refractivity contribution in [3.8, 4) is 0 Å². The molecule has 1 aromatic carbocycles. The summed E-state index contributed by atoms with van der Waals surface area (Å²) < 4.78 is 0. The lowest BCUT2D eigenvalue weighted by Gasteiger charge is -2.19. The van der Waals surface area contributed by atoms with Crippen molar-refractivity contribution >= 4 is 11.6 Å². The maximum atomic E-state index is 12.0. The summed E-state index contributed by atoms with van der Waals surface area (Å²) in [5.41, 5.74) is 4.86. The van der Waals surface area contributed by atoms with Gasteiger partial charge in [0.05, 0.1) is 11.3 Å². The third-order valence-corrected chi connectivity index (χ3v) is 2.35. The number of hydrogen-bond acceptors (Lipinski definition) is 3. The molecule has 0 saturated carbocycles. The highest BCUT2D eigenvalue weighted by molar-refractivity contribution is 5.99. The standard InChI is InChI=1S/C13H21N3O/c1-9-5-6-11(16-14)10(7-9)12(17)15-8-13(2,3)4/h5-7,16H,8,14H2,1-4H3,(H,15,17). The number of carbonyl (C=O) groups excluding carboxylic acids is 1. The summed E-state index contributed by atoms with van der Waals surface area (Å²) in [5, 5.41) is 2.91. The Bertz CT molecular complexity index is 408. The number of hydrazine groups is 1.